The van der Waals surface area contributed by atoms with Gasteiger partial charge in [-0.15, -0.1) is 6.58 Å². The fourth-order valence-corrected chi connectivity index (χ4v) is 3.74. The van der Waals surface area contributed by atoms with Crippen molar-refractivity contribution in [1.82, 2.24) is 9.80 Å². The molecule has 1 heterocycles. The first kappa shape index (κ1) is 24.0. The first-order valence-corrected chi connectivity index (χ1v) is 11.0. The van der Waals surface area contributed by atoms with E-state index in [1.165, 1.54) is 17.0 Å². The maximum atomic E-state index is 13.9. The highest BCUT2D eigenvalue weighted by molar-refractivity contribution is 5.95. The molecule has 0 saturated carbocycles. The number of hydrogen-bond acceptors (Lipinski definition) is 4. The van der Waals surface area contributed by atoms with Crippen LogP contribution in [0.25, 0.3) is 0 Å². The first-order chi connectivity index (χ1) is 15.9. The fraction of sp³-hybridized carbons (Fsp3) is 0.320. The third-order valence-corrected chi connectivity index (χ3v) is 5.53. The molecule has 1 aliphatic heterocycles. The summed E-state index contributed by atoms with van der Waals surface area (Å²) >= 11 is 0. The highest BCUT2D eigenvalue weighted by atomic mass is 19.1. The Bertz CT molecular complexity index is 1000. The number of carbonyl (C=O) groups excluding carboxylic acids is 3. The van der Waals surface area contributed by atoms with Crippen LogP contribution in [-0.4, -0.2) is 66.8 Å². The van der Waals surface area contributed by atoms with E-state index in [9.17, 15) is 18.8 Å². The lowest BCUT2D eigenvalue weighted by Crippen LogP contribution is -2.49. The second kappa shape index (κ2) is 11.3. The maximum Gasteiger partial charge on any atom is 0.256 e. The molecule has 7 nitrogen and oxygen atoms in total. The van der Waals surface area contributed by atoms with Crippen molar-refractivity contribution < 1.29 is 18.8 Å². The molecule has 0 bridgehead atoms. The molecule has 2 aromatic carbocycles. The molecule has 0 aromatic heterocycles. The molecule has 1 saturated heterocycles. The lowest BCUT2D eigenvalue weighted by molar-refractivity contribution is -0.133. The molecule has 33 heavy (non-hydrogen) atoms. The SMILES string of the molecule is C=CCN(CC(=O)Nc1ccc(N2CCN(C(=O)c3ccccc3F)CC2)cc1)C(=O)CC. The predicted octanol–water partition coefficient (Wildman–Crippen LogP) is 3.15. The van der Waals surface area contributed by atoms with Gasteiger partial charge in [-0.3, -0.25) is 14.4 Å². The Balaban J connectivity index is 1.53. The summed E-state index contributed by atoms with van der Waals surface area (Å²) in [5.74, 6) is -1.17. The summed E-state index contributed by atoms with van der Waals surface area (Å²) in [6.45, 7) is 7.92. The number of nitrogens with one attached hydrogen (secondary N) is 1. The molecule has 0 aliphatic carbocycles. The number of hydrogen-bond donors (Lipinski definition) is 1. The van der Waals surface area contributed by atoms with Gasteiger partial charge in [0.25, 0.3) is 5.91 Å². The van der Waals surface area contributed by atoms with E-state index in [1.807, 2.05) is 24.3 Å². The van der Waals surface area contributed by atoms with Crippen molar-refractivity contribution in [3.8, 4) is 0 Å². The zero-order chi connectivity index (χ0) is 23.8. The maximum absolute atomic E-state index is 13.9. The molecule has 3 rings (SSSR count). The minimum Gasteiger partial charge on any atom is -0.368 e. The molecule has 0 spiro atoms. The van der Waals surface area contributed by atoms with Crippen LogP contribution in [-0.2, 0) is 9.59 Å². The Hall–Kier alpha value is -3.68. The van der Waals surface area contributed by atoms with Crippen molar-refractivity contribution in [3.63, 3.8) is 0 Å². The first-order valence-electron chi connectivity index (χ1n) is 11.0. The summed E-state index contributed by atoms with van der Waals surface area (Å²) in [4.78, 5) is 42.1. The van der Waals surface area contributed by atoms with Crippen molar-refractivity contribution in [2.45, 2.75) is 13.3 Å². The number of benzene rings is 2. The molecule has 0 atom stereocenters. The van der Waals surface area contributed by atoms with Crippen LogP contribution in [0, 0.1) is 5.82 Å². The molecule has 8 heteroatoms. The van der Waals surface area contributed by atoms with Gasteiger partial charge < -0.3 is 20.0 Å². The zero-order valence-electron chi connectivity index (χ0n) is 18.8. The molecule has 174 valence electrons. The van der Waals surface area contributed by atoms with Gasteiger partial charge in [0, 0.05) is 50.5 Å². The Kier molecular flexibility index (Phi) is 8.18. The van der Waals surface area contributed by atoms with Crippen LogP contribution in [0.2, 0.25) is 0 Å². The highest BCUT2D eigenvalue weighted by Crippen LogP contribution is 2.21. The lowest BCUT2D eigenvalue weighted by Gasteiger charge is -2.36. The van der Waals surface area contributed by atoms with Gasteiger partial charge in [-0.25, -0.2) is 4.39 Å². The molecule has 1 aliphatic rings. The molecule has 1 N–H and O–H groups in total. The predicted molar refractivity (Wildman–Crippen MR) is 127 cm³/mol. The van der Waals surface area contributed by atoms with E-state index >= 15 is 0 Å². The fourth-order valence-electron chi connectivity index (χ4n) is 3.74. The number of anilines is 2. The number of carbonyl (C=O) groups is 3. The highest BCUT2D eigenvalue weighted by Gasteiger charge is 2.24. The van der Waals surface area contributed by atoms with Gasteiger partial charge >= 0.3 is 0 Å². The van der Waals surface area contributed by atoms with Crippen LogP contribution in [0.5, 0.6) is 0 Å². The largest absolute Gasteiger partial charge is 0.368 e. The minimum atomic E-state index is -0.505. The monoisotopic (exact) mass is 452 g/mol. The summed E-state index contributed by atoms with van der Waals surface area (Å²) in [6, 6.07) is 13.5. The standard InChI is InChI=1S/C25H29FN4O3/c1-3-13-30(24(32)4-2)18-23(31)27-19-9-11-20(12-10-19)28-14-16-29(17-15-28)25(33)21-7-5-6-8-22(21)26/h3,5-12H,1,4,13-18H2,2H3,(H,27,31). The van der Waals surface area contributed by atoms with Crippen molar-refractivity contribution >= 4 is 29.1 Å². The van der Waals surface area contributed by atoms with Crippen molar-refractivity contribution in [2.75, 3.05) is 49.5 Å². The topological polar surface area (TPSA) is 73.0 Å². The second-order valence-corrected chi connectivity index (χ2v) is 7.77. The molecular formula is C25H29FN4O3. The van der Waals surface area contributed by atoms with Gasteiger partial charge in [0.1, 0.15) is 12.4 Å². The Morgan fingerprint density at radius 2 is 1.73 bits per heavy atom. The lowest BCUT2D eigenvalue weighted by atomic mass is 10.1. The smallest absolute Gasteiger partial charge is 0.256 e. The van der Waals surface area contributed by atoms with Gasteiger partial charge in [-0.05, 0) is 36.4 Å². The van der Waals surface area contributed by atoms with Crippen LogP contribution in [0.4, 0.5) is 15.8 Å². The van der Waals surface area contributed by atoms with Crippen molar-refractivity contribution in [3.05, 3.63) is 72.6 Å². The molecule has 2 aromatic rings. The normalized spacial score (nSPS) is 13.4. The number of piperazine rings is 1. The number of nitrogens with zero attached hydrogens (tertiary/aromatic N) is 3. The second-order valence-electron chi connectivity index (χ2n) is 7.77. The third-order valence-electron chi connectivity index (χ3n) is 5.53. The quantitative estimate of drug-likeness (QED) is 0.625. The summed E-state index contributed by atoms with van der Waals surface area (Å²) in [7, 11) is 0. The van der Waals surface area contributed by atoms with Gasteiger partial charge in [0.15, 0.2) is 0 Å². The van der Waals surface area contributed by atoms with Crippen LogP contribution >= 0.6 is 0 Å². The van der Waals surface area contributed by atoms with E-state index in [-0.39, 0.29) is 29.8 Å². The van der Waals surface area contributed by atoms with Crippen molar-refractivity contribution in [2.24, 2.45) is 0 Å². The average molecular weight is 453 g/mol. The minimum absolute atomic E-state index is 0.0293. The van der Waals surface area contributed by atoms with Crippen LogP contribution < -0.4 is 10.2 Å². The molecule has 3 amide bonds. The van der Waals surface area contributed by atoms with Gasteiger partial charge in [-0.1, -0.05) is 25.1 Å². The number of amides is 3. The molecule has 1 fully saturated rings. The third kappa shape index (κ3) is 6.19. The van der Waals surface area contributed by atoms with Crippen LogP contribution in [0.1, 0.15) is 23.7 Å². The molecule has 0 unspecified atom stereocenters. The Morgan fingerprint density at radius 3 is 2.33 bits per heavy atom. The Labute approximate surface area is 193 Å². The summed E-state index contributed by atoms with van der Waals surface area (Å²) in [6.07, 6.45) is 1.92. The van der Waals surface area contributed by atoms with Crippen LogP contribution in [0.3, 0.4) is 0 Å². The van der Waals surface area contributed by atoms with Gasteiger partial charge in [-0.2, -0.15) is 0 Å². The summed E-state index contributed by atoms with van der Waals surface area (Å²) in [5, 5.41) is 2.81. The zero-order valence-corrected chi connectivity index (χ0v) is 18.8. The van der Waals surface area contributed by atoms with E-state index < -0.39 is 5.82 Å². The number of halogens is 1. The molecular weight excluding hydrogens is 423 g/mol. The van der Waals surface area contributed by atoms with Crippen LogP contribution in [0.15, 0.2) is 61.2 Å². The average Bonchev–Trinajstić information content (AvgIpc) is 2.84. The van der Waals surface area contributed by atoms with E-state index in [2.05, 4.69) is 16.8 Å². The van der Waals surface area contributed by atoms with E-state index in [0.29, 0.717) is 44.8 Å². The van der Waals surface area contributed by atoms with E-state index in [0.717, 1.165) is 5.69 Å². The van der Waals surface area contributed by atoms with Gasteiger partial charge in [0.2, 0.25) is 11.8 Å². The van der Waals surface area contributed by atoms with Crippen molar-refractivity contribution in [1.29, 1.82) is 0 Å². The summed E-state index contributed by atoms with van der Waals surface area (Å²) < 4.78 is 13.9. The molecule has 0 radical (unpaired) electrons. The van der Waals surface area contributed by atoms with Gasteiger partial charge in [0.05, 0.1) is 5.56 Å². The Morgan fingerprint density at radius 1 is 1.06 bits per heavy atom. The van der Waals surface area contributed by atoms with E-state index in [4.69, 9.17) is 0 Å². The summed E-state index contributed by atoms with van der Waals surface area (Å²) in [5.41, 5.74) is 1.71. The number of rotatable bonds is 8. The van der Waals surface area contributed by atoms with E-state index in [1.54, 1.807) is 30.0 Å².